The van der Waals surface area contributed by atoms with Gasteiger partial charge in [0.05, 0.1) is 34.4 Å². The Hall–Kier alpha value is -2.91. The number of fused-ring (bicyclic) bond motifs is 2. The predicted molar refractivity (Wildman–Crippen MR) is 146 cm³/mol. The molecule has 5 atom stereocenters. The lowest BCUT2D eigenvalue weighted by atomic mass is 9.96. The van der Waals surface area contributed by atoms with Crippen molar-refractivity contribution in [2.45, 2.75) is 77.0 Å². The third kappa shape index (κ3) is 5.43. The van der Waals surface area contributed by atoms with Crippen LogP contribution in [-0.4, -0.2) is 75.5 Å². The molecule has 5 rings (SSSR count). The molecule has 4 heterocycles. The van der Waals surface area contributed by atoms with E-state index in [1.54, 1.807) is 18.7 Å². The van der Waals surface area contributed by atoms with E-state index in [-0.39, 0.29) is 54.4 Å². The number of hydrogen-bond acceptors (Lipinski definition) is 7. The first-order valence-electron chi connectivity index (χ1n) is 13.7. The fourth-order valence-corrected chi connectivity index (χ4v) is 6.46. The maximum Gasteiger partial charge on any atom is 0.257 e. The molecule has 8 nitrogen and oxygen atoms in total. The van der Waals surface area contributed by atoms with Gasteiger partial charge in [0.2, 0.25) is 0 Å². The summed E-state index contributed by atoms with van der Waals surface area (Å²) >= 11 is 6.22. The highest BCUT2D eigenvalue weighted by Crippen LogP contribution is 2.41. The summed E-state index contributed by atoms with van der Waals surface area (Å²) in [6.45, 7) is 7.09. The lowest BCUT2D eigenvalue weighted by Crippen LogP contribution is -2.48. The van der Waals surface area contributed by atoms with Gasteiger partial charge < -0.3 is 19.8 Å². The maximum absolute atomic E-state index is 14.4. The van der Waals surface area contributed by atoms with Crippen molar-refractivity contribution in [1.82, 2.24) is 19.8 Å². The van der Waals surface area contributed by atoms with Crippen LogP contribution in [-0.2, 0) is 4.79 Å². The smallest absolute Gasteiger partial charge is 0.257 e. The van der Waals surface area contributed by atoms with Crippen molar-refractivity contribution in [3.05, 3.63) is 51.8 Å². The zero-order chi connectivity index (χ0) is 27.8. The number of piperidine rings is 1. The molecule has 2 aromatic rings. The van der Waals surface area contributed by atoms with Crippen molar-refractivity contribution in [3.63, 3.8) is 0 Å². The maximum atomic E-state index is 14.4. The molecule has 1 aromatic heterocycles. The van der Waals surface area contributed by atoms with Crippen LogP contribution in [0.1, 0.15) is 72.5 Å². The average molecular weight is 556 g/mol. The van der Waals surface area contributed by atoms with Crippen molar-refractivity contribution in [2.24, 2.45) is 5.92 Å². The number of aryl methyl sites for hydroxylation is 2. The number of benzene rings is 1. The summed E-state index contributed by atoms with van der Waals surface area (Å²) in [7, 11) is 0. The first-order valence-corrected chi connectivity index (χ1v) is 14.1. The Labute approximate surface area is 233 Å². The zero-order valence-corrected chi connectivity index (χ0v) is 23.4. The minimum Gasteiger partial charge on any atom is -0.489 e. The number of amides is 1. The predicted octanol–water partition coefficient (Wildman–Crippen LogP) is 4.74. The lowest BCUT2D eigenvalue weighted by molar-refractivity contribution is -0.112. The van der Waals surface area contributed by atoms with Gasteiger partial charge in [0, 0.05) is 42.7 Å². The molecule has 1 N–H and O–H groups in total. The summed E-state index contributed by atoms with van der Waals surface area (Å²) in [5.41, 5.74) is 1.88. The Kier molecular flexibility index (Phi) is 8.01. The average Bonchev–Trinajstić information content (AvgIpc) is 3.39. The third-order valence-electron chi connectivity index (χ3n) is 8.37. The molecule has 2 bridgehead atoms. The summed E-state index contributed by atoms with van der Waals surface area (Å²) in [6, 6.07) is 4.33. The number of nitrogens with one attached hydrogen (secondary N) is 1. The number of rotatable bonds is 8. The van der Waals surface area contributed by atoms with E-state index < -0.39 is 11.7 Å². The molecule has 208 valence electrons. The summed E-state index contributed by atoms with van der Waals surface area (Å²) in [4.78, 5) is 38.4. The van der Waals surface area contributed by atoms with Crippen LogP contribution in [0.25, 0.3) is 0 Å². The Morgan fingerprint density at radius 3 is 2.67 bits per heavy atom. The van der Waals surface area contributed by atoms with Crippen molar-refractivity contribution in [3.8, 4) is 5.75 Å². The second-order valence-corrected chi connectivity index (χ2v) is 11.4. The van der Waals surface area contributed by atoms with E-state index in [1.165, 1.54) is 18.2 Å². The summed E-state index contributed by atoms with van der Waals surface area (Å²) < 4.78 is 20.7. The summed E-state index contributed by atoms with van der Waals surface area (Å²) in [5.74, 6) is -0.587. The van der Waals surface area contributed by atoms with Crippen molar-refractivity contribution in [2.75, 3.05) is 19.6 Å². The minimum atomic E-state index is -0.483. The van der Waals surface area contributed by atoms with Gasteiger partial charge in [0.15, 0.2) is 0 Å². The minimum absolute atomic E-state index is 0.0241. The van der Waals surface area contributed by atoms with E-state index in [0.29, 0.717) is 34.4 Å². The third-order valence-corrected chi connectivity index (χ3v) is 8.92. The number of likely N-dealkylation sites (tertiary alicyclic amines) is 1. The summed E-state index contributed by atoms with van der Waals surface area (Å²) in [5, 5.41) is 9.04. The quantitative estimate of drug-likeness (QED) is 0.472. The van der Waals surface area contributed by atoms with Crippen LogP contribution >= 0.6 is 11.6 Å². The number of aromatic nitrogens is 2. The molecule has 3 saturated heterocycles. The van der Waals surface area contributed by atoms with Gasteiger partial charge in [-0.05, 0) is 51.8 Å². The van der Waals surface area contributed by atoms with Gasteiger partial charge in [-0.3, -0.25) is 9.69 Å². The van der Waals surface area contributed by atoms with Crippen LogP contribution in [0.3, 0.4) is 0 Å². The van der Waals surface area contributed by atoms with Gasteiger partial charge in [-0.2, -0.15) is 0 Å². The molecule has 3 aliphatic heterocycles. The van der Waals surface area contributed by atoms with Crippen LogP contribution in [0.5, 0.6) is 5.75 Å². The number of carbonyl (C=O) groups is 2. The number of aldehydes is 1. The largest absolute Gasteiger partial charge is 0.489 e. The normalized spacial score (nSPS) is 26.7. The Morgan fingerprint density at radius 1 is 1.23 bits per heavy atom. The molecule has 39 heavy (non-hydrogen) atoms. The van der Waals surface area contributed by atoms with Crippen LogP contribution in [0.15, 0.2) is 18.2 Å². The number of nitrogens with zero attached hydrogens (tertiary/aromatic N) is 4. The standard InChI is InChI=1S/C29H35ClFN5O3/c1-4-5-8-36-20-9-18(15-37)25(36)12-21(11-20)39-26-10-19(31)6-7-22(26)29(38)35-13-23(24(32)14-35)28-33-16(2)27(30)17(3)34-28/h6-7,10,15,18,20-21,23,25,32H,4-5,8-9,11-14H2,1-3H3. The molecule has 3 aliphatic rings. The number of halogens is 2. The first-order chi connectivity index (χ1) is 18.7. The molecule has 3 fully saturated rings. The molecule has 1 aromatic carbocycles. The van der Waals surface area contributed by atoms with Crippen LogP contribution < -0.4 is 4.74 Å². The molecule has 5 unspecified atom stereocenters. The molecular formula is C29H35ClFN5O3. The van der Waals surface area contributed by atoms with Gasteiger partial charge in [-0.25, -0.2) is 14.4 Å². The van der Waals surface area contributed by atoms with Crippen LogP contribution in [0, 0.1) is 31.0 Å². The molecule has 10 heteroatoms. The second kappa shape index (κ2) is 11.3. The van der Waals surface area contributed by atoms with Crippen LogP contribution in [0.4, 0.5) is 4.39 Å². The highest BCUT2D eigenvalue weighted by atomic mass is 35.5. The molecule has 1 amide bonds. The highest BCUT2D eigenvalue weighted by Gasteiger charge is 2.47. The Bertz CT molecular complexity index is 1270. The van der Waals surface area contributed by atoms with Gasteiger partial charge in [-0.1, -0.05) is 24.9 Å². The van der Waals surface area contributed by atoms with E-state index in [0.717, 1.165) is 38.5 Å². The molecule has 0 spiro atoms. The van der Waals surface area contributed by atoms with Gasteiger partial charge >= 0.3 is 0 Å². The first kappa shape index (κ1) is 27.6. The number of unbranched alkanes of at least 4 members (excludes halogenated alkanes) is 1. The Morgan fingerprint density at radius 2 is 1.97 bits per heavy atom. The molecule has 0 saturated carbocycles. The van der Waals surface area contributed by atoms with E-state index in [9.17, 15) is 14.0 Å². The second-order valence-electron chi connectivity index (χ2n) is 11.0. The SMILES string of the molecule is CCCCN1C2CC(Oc3cc(F)ccc3C(=O)N3CC(=N)C(c4nc(C)c(Cl)c(C)n4)C3)CC1C(C=O)C2. The number of ether oxygens (including phenoxy) is 1. The lowest BCUT2D eigenvalue weighted by Gasteiger charge is -2.39. The van der Waals surface area contributed by atoms with Crippen molar-refractivity contribution >= 4 is 29.5 Å². The monoisotopic (exact) mass is 555 g/mol. The van der Waals surface area contributed by atoms with E-state index in [4.69, 9.17) is 21.7 Å². The van der Waals surface area contributed by atoms with Crippen molar-refractivity contribution < 1.29 is 18.7 Å². The topological polar surface area (TPSA) is 99.5 Å². The van der Waals surface area contributed by atoms with E-state index in [2.05, 4.69) is 21.8 Å². The van der Waals surface area contributed by atoms with Gasteiger partial charge in [0.1, 0.15) is 29.8 Å². The van der Waals surface area contributed by atoms with E-state index >= 15 is 0 Å². The zero-order valence-electron chi connectivity index (χ0n) is 22.6. The molecule has 0 radical (unpaired) electrons. The summed E-state index contributed by atoms with van der Waals surface area (Å²) in [6.07, 6.45) is 5.24. The van der Waals surface area contributed by atoms with Gasteiger partial charge in [-0.15, -0.1) is 0 Å². The molecular weight excluding hydrogens is 521 g/mol. The van der Waals surface area contributed by atoms with Gasteiger partial charge in [0.25, 0.3) is 5.91 Å². The fourth-order valence-electron chi connectivity index (χ4n) is 6.37. The fraction of sp³-hybridized carbons (Fsp3) is 0.552. The highest BCUT2D eigenvalue weighted by molar-refractivity contribution is 6.31. The van der Waals surface area contributed by atoms with Crippen molar-refractivity contribution in [1.29, 1.82) is 5.41 Å². The number of hydrogen-bond donors (Lipinski definition) is 1. The number of carbonyl (C=O) groups excluding carboxylic acids is 2. The van der Waals surface area contributed by atoms with Crippen LogP contribution in [0.2, 0.25) is 5.02 Å². The molecule has 0 aliphatic carbocycles. The Balaban J connectivity index is 1.33. The van der Waals surface area contributed by atoms with E-state index in [1.807, 2.05) is 0 Å².